The fourth-order valence-electron chi connectivity index (χ4n) is 6.42. The molecule has 3 aromatic carbocycles. The van der Waals surface area contributed by atoms with E-state index < -0.39 is 17.7 Å². The number of ether oxygens (including phenoxy) is 2. The smallest absolute Gasteiger partial charge is 0.410 e. The van der Waals surface area contributed by atoms with Crippen molar-refractivity contribution in [3.8, 4) is 16.9 Å². The molecule has 0 unspecified atom stereocenters. The number of aliphatic hydroxyl groups is 1. The number of hydrogen-bond donors (Lipinski definition) is 2. The molecule has 5 rings (SSSR count). The van der Waals surface area contributed by atoms with Gasteiger partial charge in [-0.2, -0.15) is 5.10 Å². The van der Waals surface area contributed by atoms with Gasteiger partial charge >= 0.3 is 12.1 Å². The zero-order valence-electron chi connectivity index (χ0n) is 29.0. The van der Waals surface area contributed by atoms with Gasteiger partial charge in [0.2, 0.25) is 0 Å². The van der Waals surface area contributed by atoms with Crippen LogP contribution in [0.5, 0.6) is 5.75 Å². The van der Waals surface area contributed by atoms with E-state index in [4.69, 9.17) is 9.47 Å². The molecule has 0 aliphatic rings. The summed E-state index contributed by atoms with van der Waals surface area (Å²) >= 11 is 0. The van der Waals surface area contributed by atoms with Gasteiger partial charge in [-0.15, -0.1) is 0 Å². The molecule has 2 N–H and O–H groups in total. The van der Waals surface area contributed by atoms with Crippen LogP contribution in [0, 0.1) is 13.8 Å². The third-order valence-electron chi connectivity index (χ3n) is 8.70. The van der Waals surface area contributed by atoms with Gasteiger partial charge in [-0.25, -0.2) is 9.59 Å². The number of rotatable bonds is 12. The Balaban J connectivity index is 1.54. The first-order chi connectivity index (χ1) is 22.8. The van der Waals surface area contributed by atoms with Crippen LogP contribution in [0.1, 0.15) is 66.6 Å². The largest absolute Gasteiger partial charge is 0.493 e. The summed E-state index contributed by atoms with van der Waals surface area (Å²) in [5, 5.41) is 28.5. The maximum atomic E-state index is 13.1. The molecule has 5 aromatic rings. The van der Waals surface area contributed by atoms with Gasteiger partial charge in [0, 0.05) is 54.8 Å². The number of carboxylic acids is 1. The number of benzene rings is 3. The Bertz CT molecular complexity index is 1960. The summed E-state index contributed by atoms with van der Waals surface area (Å²) in [5.41, 5.74) is 5.10. The van der Waals surface area contributed by atoms with Gasteiger partial charge < -0.3 is 29.2 Å². The van der Waals surface area contributed by atoms with Gasteiger partial charge in [0.1, 0.15) is 17.0 Å². The Morgan fingerprint density at radius 3 is 2.40 bits per heavy atom. The molecule has 0 atom stereocenters. The second kappa shape index (κ2) is 14.1. The number of aliphatic hydroxyl groups excluding tert-OH is 1. The van der Waals surface area contributed by atoms with E-state index in [2.05, 4.69) is 5.10 Å². The summed E-state index contributed by atoms with van der Waals surface area (Å²) in [6.45, 7) is 10.3. The number of hydrogen-bond acceptors (Lipinski definition) is 6. The highest BCUT2D eigenvalue weighted by Gasteiger charge is 2.28. The molecule has 48 heavy (non-hydrogen) atoms. The molecule has 0 spiro atoms. The number of carbonyl (C=O) groups is 2. The molecule has 0 saturated carbocycles. The highest BCUT2D eigenvalue weighted by atomic mass is 16.6. The quantitative estimate of drug-likeness (QED) is 0.136. The van der Waals surface area contributed by atoms with E-state index in [1.165, 1.54) is 4.90 Å². The maximum Gasteiger partial charge on any atom is 0.410 e. The molecule has 0 saturated heterocycles. The van der Waals surface area contributed by atoms with Crippen molar-refractivity contribution in [1.29, 1.82) is 0 Å². The van der Waals surface area contributed by atoms with Crippen molar-refractivity contribution < 1.29 is 29.3 Å². The van der Waals surface area contributed by atoms with Crippen molar-refractivity contribution in [2.75, 3.05) is 20.2 Å². The van der Waals surface area contributed by atoms with Gasteiger partial charge in [-0.1, -0.05) is 48.5 Å². The van der Waals surface area contributed by atoms with Crippen molar-refractivity contribution in [2.45, 2.75) is 72.6 Å². The summed E-state index contributed by atoms with van der Waals surface area (Å²) in [7, 11) is 3.52. The molecule has 2 aromatic heterocycles. The zero-order chi connectivity index (χ0) is 34.7. The normalized spacial score (nSPS) is 11.8. The molecule has 0 bridgehead atoms. The van der Waals surface area contributed by atoms with Crippen LogP contribution >= 0.6 is 0 Å². The summed E-state index contributed by atoms with van der Waals surface area (Å²) in [6, 6.07) is 18.0. The van der Waals surface area contributed by atoms with E-state index in [1.54, 1.807) is 11.7 Å². The highest BCUT2D eigenvalue weighted by Crippen LogP contribution is 2.40. The van der Waals surface area contributed by atoms with Crippen LogP contribution in [0.4, 0.5) is 4.79 Å². The van der Waals surface area contributed by atoms with Crippen LogP contribution in [0.15, 0.2) is 54.6 Å². The Hall–Kier alpha value is -4.83. The molecule has 0 fully saturated rings. The highest BCUT2D eigenvalue weighted by molar-refractivity contribution is 6.05. The molecule has 0 radical (unpaired) electrons. The molecule has 10 nitrogen and oxygen atoms in total. The van der Waals surface area contributed by atoms with Crippen LogP contribution in [-0.2, 0) is 31.4 Å². The number of aromatic carboxylic acids is 1. The van der Waals surface area contributed by atoms with E-state index in [9.17, 15) is 19.8 Å². The monoisotopic (exact) mass is 654 g/mol. The van der Waals surface area contributed by atoms with Gasteiger partial charge in [0.05, 0.1) is 24.4 Å². The van der Waals surface area contributed by atoms with Gasteiger partial charge in [-0.05, 0) is 76.5 Å². The Morgan fingerprint density at radius 1 is 0.958 bits per heavy atom. The van der Waals surface area contributed by atoms with E-state index in [0.29, 0.717) is 44.7 Å². The van der Waals surface area contributed by atoms with Crippen LogP contribution in [0.2, 0.25) is 0 Å². The minimum Gasteiger partial charge on any atom is -0.493 e. The van der Waals surface area contributed by atoms with E-state index in [0.717, 1.165) is 55.4 Å². The fourth-order valence-corrected chi connectivity index (χ4v) is 6.42. The van der Waals surface area contributed by atoms with Crippen LogP contribution in [0.25, 0.3) is 32.8 Å². The Morgan fingerprint density at radius 2 is 1.69 bits per heavy atom. The molecule has 0 aliphatic heterocycles. The molecule has 0 aliphatic carbocycles. The minimum absolute atomic E-state index is 0.217. The first kappa shape index (κ1) is 34.5. The van der Waals surface area contributed by atoms with E-state index in [1.807, 2.05) is 101 Å². The standard InChI is InChI=1S/C38H46N4O6/c1-24-18-19-29-28(16-11-22-47-31-17-10-14-26-13-8-9-15-27(26)31)35(36(44)45)42(21-12-20-40(6)37(46)48-38(3,4)5)34(29)32(24)33-25(2)41(7)39-30(33)23-43/h8-10,13-15,17-19,43H,11-12,16,20-23H2,1-7H3,(H,44,45). The predicted molar refractivity (Wildman–Crippen MR) is 188 cm³/mol. The first-order valence-electron chi connectivity index (χ1n) is 16.4. The molecule has 254 valence electrons. The topological polar surface area (TPSA) is 119 Å². The third kappa shape index (κ3) is 7.04. The lowest BCUT2D eigenvalue weighted by molar-refractivity contribution is 0.0294. The van der Waals surface area contributed by atoms with Crippen LogP contribution in [-0.4, -0.2) is 67.3 Å². The lowest BCUT2D eigenvalue weighted by Crippen LogP contribution is -2.35. The molecular formula is C38H46N4O6. The Kier molecular flexibility index (Phi) is 10.1. The summed E-state index contributed by atoms with van der Waals surface area (Å²) < 4.78 is 15.4. The molecular weight excluding hydrogens is 608 g/mol. The second-order valence-corrected chi connectivity index (χ2v) is 13.3. The number of carbonyl (C=O) groups excluding carboxylic acids is 1. The van der Waals surface area contributed by atoms with Crippen molar-refractivity contribution in [2.24, 2.45) is 7.05 Å². The number of nitrogens with zero attached hydrogens (tertiary/aromatic N) is 4. The molecule has 2 heterocycles. The zero-order valence-corrected chi connectivity index (χ0v) is 29.0. The average Bonchev–Trinajstić information content (AvgIpc) is 3.51. The molecule has 1 amide bonds. The Labute approximate surface area is 281 Å². The summed E-state index contributed by atoms with van der Waals surface area (Å²) in [5.74, 6) is -0.227. The fraction of sp³-hybridized carbons (Fsp3) is 0.395. The lowest BCUT2D eigenvalue weighted by atomic mass is 9.94. The van der Waals surface area contributed by atoms with Crippen molar-refractivity contribution in [3.05, 3.63) is 82.8 Å². The van der Waals surface area contributed by atoms with Gasteiger partial charge in [-0.3, -0.25) is 4.68 Å². The van der Waals surface area contributed by atoms with Crippen molar-refractivity contribution >= 4 is 33.7 Å². The number of aromatic nitrogens is 3. The number of aryl methyl sites for hydroxylation is 4. The minimum atomic E-state index is -1.02. The second-order valence-electron chi connectivity index (χ2n) is 13.3. The van der Waals surface area contributed by atoms with Crippen molar-refractivity contribution in [1.82, 2.24) is 19.2 Å². The summed E-state index contributed by atoms with van der Waals surface area (Å²) in [4.78, 5) is 27.3. The van der Waals surface area contributed by atoms with E-state index in [-0.39, 0.29) is 12.3 Å². The summed E-state index contributed by atoms with van der Waals surface area (Å²) in [6.07, 6.45) is 1.14. The van der Waals surface area contributed by atoms with Crippen molar-refractivity contribution in [3.63, 3.8) is 0 Å². The maximum absolute atomic E-state index is 13.1. The number of carboxylic acid groups (broad SMARTS) is 1. The number of amides is 1. The van der Waals surface area contributed by atoms with Gasteiger partial charge in [0.25, 0.3) is 0 Å². The number of fused-ring (bicyclic) bond motifs is 2. The lowest BCUT2D eigenvalue weighted by Gasteiger charge is -2.24. The van der Waals surface area contributed by atoms with E-state index >= 15 is 0 Å². The van der Waals surface area contributed by atoms with Crippen LogP contribution < -0.4 is 4.74 Å². The first-order valence-corrected chi connectivity index (χ1v) is 16.4. The predicted octanol–water partition coefficient (Wildman–Crippen LogP) is 7.27. The SMILES string of the molecule is Cc1ccc2c(CCCOc3cccc4ccccc34)c(C(=O)O)n(CCCN(C)C(=O)OC(C)(C)C)c2c1-c1c(CO)nn(C)c1C. The van der Waals surface area contributed by atoms with Crippen LogP contribution in [0.3, 0.4) is 0 Å². The average molecular weight is 655 g/mol. The third-order valence-corrected chi connectivity index (χ3v) is 8.70. The van der Waals surface area contributed by atoms with Gasteiger partial charge in [0.15, 0.2) is 0 Å². The molecule has 10 heteroatoms.